The molecule has 0 spiro atoms. The molecule has 37 heavy (non-hydrogen) atoms. The van der Waals surface area contributed by atoms with Gasteiger partial charge >= 0.3 is 12.2 Å². The van der Waals surface area contributed by atoms with Crippen LogP contribution in [0.3, 0.4) is 0 Å². The van der Waals surface area contributed by atoms with Crippen LogP contribution in [0.2, 0.25) is 5.02 Å². The number of nitrogens with one attached hydrogen (secondary N) is 2. The molecule has 3 aromatic carbocycles. The van der Waals surface area contributed by atoms with E-state index >= 15 is 0 Å². The predicted molar refractivity (Wildman–Crippen MR) is 132 cm³/mol. The number of hydrogen-bond donors (Lipinski definition) is 2. The van der Waals surface area contributed by atoms with Crippen molar-refractivity contribution in [1.82, 2.24) is 19.7 Å². The maximum Gasteiger partial charge on any atom is 0.417 e. The van der Waals surface area contributed by atoms with E-state index in [1.54, 1.807) is 71.8 Å². The fourth-order valence-electron chi connectivity index (χ4n) is 3.42. The standard InChI is InChI=1S/C25H16ClF3N6O2/c26-20-8-4-16(12-19(20)25(27,28)29)33-24(36)32-15-2-5-17(6-3-15)37-18-7-9-21-22(13-18)34-23(14-30-21)35-11-1-10-31-35/h1-14H,(H2,32,33,36). The Hall–Kier alpha value is -4.64. The second kappa shape index (κ2) is 9.78. The number of benzene rings is 3. The molecular formula is C25H16ClF3N6O2. The molecule has 2 heterocycles. The van der Waals surface area contributed by atoms with Crippen molar-refractivity contribution in [1.29, 1.82) is 0 Å². The molecule has 0 saturated carbocycles. The van der Waals surface area contributed by atoms with Crippen molar-refractivity contribution in [3.05, 3.63) is 95.9 Å². The summed E-state index contributed by atoms with van der Waals surface area (Å²) in [4.78, 5) is 21.2. The normalized spacial score (nSPS) is 11.4. The summed E-state index contributed by atoms with van der Waals surface area (Å²) >= 11 is 5.61. The summed E-state index contributed by atoms with van der Waals surface area (Å²) in [7, 11) is 0. The number of urea groups is 1. The van der Waals surface area contributed by atoms with Gasteiger partial charge in [-0.15, -0.1) is 0 Å². The molecule has 0 atom stereocenters. The Morgan fingerprint density at radius 2 is 1.65 bits per heavy atom. The summed E-state index contributed by atoms with van der Waals surface area (Å²) in [5.41, 5.74) is 0.631. The summed E-state index contributed by atoms with van der Waals surface area (Å²) in [6.07, 6.45) is 0.400. The third-order valence-electron chi connectivity index (χ3n) is 5.12. The molecule has 5 aromatic rings. The summed E-state index contributed by atoms with van der Waals surface area (Å²) in [5, 5.41) is 8.61. The van der Waals surface area contributed by atoms with Crippen LogP contribution in [0, 0.1) is 0 Å². The number of halogens is 4. The van der Waals surface area contributed by atoms with Crippen LogP contribution in [0.5, 0.6) is 11.5 Å². The Morgan fingerprint density at radius 1 is 0.919 bits per heavy atom. The number of hydrogen-bond acceptors (Lipinski definition) is 5. The lowest BCUT2D eigenvalue weighted by Crippen LogP contribution is -2.19. The van der Waals surface area contributed by atoms with E-state index in [1.165, 1.54) is 6.07 Å². The number of nitrogens with zero attached hydrogens (tertiary/aromatic N) is 4. The van der Waals surface area contributed by atoms with Crippen LogP contribution < -0.4 is 15.4 Å². The Labute approximate surface area is 212 Å². The first-order valence-corrected chi connectivity index (χ1v) is 11.1. The number of rotatable bonds is 5. The molecule has 2 amide bonds. The topological polar surface area (TPSA) is 94.0 Å². The van der Waals surface area contributed by atoms with E-state index in [1.807, 2.05) is 0 Å². The fourth-order valence-corrected chi connectivity index (χ4v) is 3.64. The van der Waals surface area contributed by atoms with Gasteiger partial charge in [0.1, 0.15) is 11.5 Å². The van der Waals surface area contributed by atoms with Crippen LogP contribution in [-0.2, 0) is 6.18 Å². The van der Waals surface area contributed by atoms with Crippen LogP contribution in [0.4, 0.5) is 29.3 Å². The molecule has 0 aliphatic rings. The molecule has 0 aliphatic heterocycles. The second-order valence-electron chi connectivity index (χ2n) is 7.73. The first kappa shape index (κ1) is 24.1. The van der Waals surface area contributed by atoms with Crippen LogP contribution in [0.1, 0.15) is 5.56 Å². The molecule has 0 radical (unpaired) electrons. The molecular weight excluding hydrogens is 509 g/mol. The molecule has 0 aliphatic carbocycles. The number of carbonyl (C=O) groups excluding carboxylic acids is 1. The quantitative estimate of drug-likeness (QED) is 0.260. The minimum absolute atomic E-state index is 0.0516. The third kappa shape index (κ3) is 5.62. The highest BCUT2D eigenvalue weighted by Crippen LogP contribution is 2.36. The minimum atomic E-state index is -4.64. The van der Waals surface area contributed by atoms with Gasteiger partial charge in [-0.05, 0) is 60.7 Å². The lowest BCUT2D eigenvalue weighted by molar-refractivity contribution is -0.137. The van der Waals surface area contributed by atoms with Crippen molar-refractivity contribution < 1.29 is 22.7 Å². The van der Waals surface area contributed by atoms with E-state index in [0.29, 0.717) is 34.0 Å². The van der Waals surface area contributed by atoms with Gasteiger partial charge in [-0.1, -0.05) is 11.6 Å². The summed E-state index contributed by atoms with van der Waals surface area (Å²) in [6, 6.07) is 15.9. The Bertz CT molecular complexity index is 1570. The number of fused-ring (bicyclic) bond motifs is 1. The fraction of sp³-hybridized carbons (Fsp3) is 0.0400. The molecule has 8 nitrogen and oxygen atoms in total. The Morgan fingerprint density at radius 3 is 2.38 bits per heavy atom. The van der Waals surface area contributed by atoms with Gasteiger partial charge in [0.2, 0.25) is 0 Å². The first-order valence-electron chi connectivity index (χ1n) is 10.7. The van der Waals surface area contributed by atoms with E-state index in [2.05, 4.69) is 25.7 Å². The van der Waals surface area contributed by atoms with Gasteiger partial charge in [0.25, 0.3) is 0 Å². The smallest absolute Gasteiger partial charge is 0.417 e. The number of ether oxygens (including phenoxy) is 1. The van der Waals surface area contributed by atoms with Crippen molar-refractivity contribution in [2.45, 2.75) is 6.18 Å². The van der Waals surface area contributed by atoms with Crippen LogP contribution in [-0.4, -0.2) is 25.8 Å². The monoisotopic (exact) mass is 524 g/mol. The van der Waals surface area contributed by atoms with Crippen molar-refractivity contribution in [3.63, 3.8) is 0 Å². The van der Waals surface area contributed by atoms with Crippen molar-refractivity contribution in [3.8, 4) is 17.3 Å². The summed E-state index contributed by atoms with van der Waals surface area (Å²) in [6.45, 7) is 0. The summed E-state index contributed by atoms with van der Waals surface area (Å²) in [5.74, 6) is 1.59. The zero-order valence-corrected chi connectivity index (χ0v) is 19.5. The average molecular weight is 525 g/mol. The second-order valence-corrected chi connectivity index (χ2v) is 8.13. The van der Waals surface area contributed by atoms with Gasteiger partial charge in [-0.3, -0.25) is 4.98 Å². The average Bonchev–Trinajstić information content (AvgIpc) is 3.40. The zero-order chi connectivity index (χ0) is 26.0. The lowest BCUT2D eigenvalue weighted by Gasteiger charge is -2.12. The van der Waals surface area contributed by atoms with Crippen LogP contribution >= 0.6 is 11.6 Å². The van der Waals surface area contributed by atoms with Crippen molar-refractivity contribution in [2.24, 2.45) is 0 Å². The van der Waals surface area contributed by atoms with E-state index in [9.17, 15) is 18.0 Å². The molecule has 186 valence electrons. The van der Waals surface area contributed by atoms with E-state index in [4.69, 9.17) is 16.3 Å². The zero-order valence-electron chi connectivity index (χ0n) is 18.7. The van der Waals surface area contributed by atoms with E-state index in [-0.39, 0.29) is 5.69 Å². The molecule has 2 N–H and O–H groups in total. The maximum absolute atomic E-state index is 13.0. The molecule has 0 unspecified atom stereocenters. The molecule has 12 heteroatoms. The van der Waals surface area contributed by atoms with E-state index in [0.717, 1.165) is 12.1 Å². The highest BCUT2D eigenvalue weighted by molar-refractivity contribution is 6.31. The molecule has 5 rings (SSSR count). The predicted octanol–water partition coefficient (Wildman–Crippen LogP) is 6.92. The van der Waals surface area contributed by atoms with Gasteiger partial charge in [0.15, 0.2) is 5.82 Å². The maximum atomic E-state index is 13.0. The number of amides is 2. The molecule has 0 bridgehead atoms. The van der Waals surface area contributed by atoms with Crippen molar-refractivity contribution >= 4 is 40.0 Å². The van der Waals surface area contributed by atoms with Gasteiger partial charge in [-0.25, -0.2) is 14.5 Å². The first-order chi connectivity index (χ1) is 17.7. The van der Waals surface area contributed by atoms with Crippen LogP contribution in [0.15, 0.2) is 85.3 Å². The lowest BCUT2D eigenvalue weighted by atomic mass is 10.2. The van der Waals surface area contributed by atoms with Gasteiger partial charge in [0.05, 0.1) is 27.8 Å². The van der Waals surface area contributed by atoms with Gasteiger partial charge < -0.3 is 15.4 Å². The van der Waals surface area contributed by atoms with Gasteiger partial charge in [-0.2, -0.15) is 18.3 Å². The highest BCUT2D eigenvalue weighted by Gasteiger charge is 2.33. The third-order valence-corrected chi connectivity index (χ3v) is 5.45. The summed E-state index contributed by atoms with van der Waals surface area (Å²) < 4.78 is 46.6. The van der Waals surface area contributed by atoms with Gasteiger partial charge in [0, 0.05) is 29.8 Å². The molecule has 0 saturated heterocycles. The SMILES string of the molecule is O=C(Nc1ccc(Oc2ccc3ncc(-n4cccn4)nc3c2)cc1)Nc1ccc(Cl)c(C(F)(F)F)c1. The minimum Gasteiger partial charge on any atom is -0.457 e. The molecule has 2 aromatic heterocycles. The highest BCUT2D eigenvalue weighted by atomic mass is 35.5. The van der Waals surface area contributed by atoms with Crippen LogP contribution in [0.25, 0.3) is 16.9 Å². The number of aromatic nitrogens is 4. The number of carbonyl (C=O) groups is 1. The van der Waals surface area contributed by atoms with E-state index < -0.39 is 22.8 Å². The Balaban J connectivity index is 1.24. The largest absolute Gasteiger partial charge is 0.457 e. The number of alkyl halides is 3. The number of anilines is 2. The Kier molecular flexibility index (Phi) is 6.36. The molecule has 0 fully saturated rings. The van der Waals surface area contributed by atoms with Crippen molar-refractivity contribution in [2.75, 3.05) is 10.6 Å².